The molecule has 18 heavy (non-hydrogen) atoms. The molecule has 0 spiro atoms. The van der Waals surface area contributed by atoms with Crippen LogP contribution in [0.15, 0.2) is 36.4 Å². The van der Waals surface area contributed by atoms with E-state index in [1.807, 2.05) is 6.07 Å². The second-order valence-electron chi connectivity index (χ2n) is 3.93. The van der Waals surface area contributed by atoms with Crippen LogP contribution in [-0.2, 0) is 0 Å². The fraction of sp³-hybridized carbons (Fsp3) is 0.0714. The van der Waals surface area contributed by atoms with Crippen molar-refractivity contribution in [2.45, 2.75) is 0 Å². The van der Waals surface area contributed by atoms with Crippen LogP contribution in [0, 0.1) is 0 Å². The second-order valence-corrected chi connectivity index (χ2v) is 3.93. The quantitative estimate of drug-likeness (QED) is 0.822. The van der Waals surface area contributed by atoms with Crippen molar-refractivity contribution in [2.24, 2.45) is 0 Å². The Morgan fingerprint density at radius 2 is 1.94 bits per heavy atom. The zero-order valence-electron chi connectivity index (χ0n) is 9.42. The van der Waals surface area contributed by atoms with Crippen LogP contribution in [0.25, 0.3) is 11.1 Å². The molecule has 0 saturated carbocycles. The van der Waals surface area contributed by atoms with Gasteiger partial charge in [-0.1, -0.05) is 18.2 Å². The molecular formula is C14H10O4. The van der Waals surface area contributed by atoms with Crippen LogP contribution in [0.2, 0.25) is 0 Å². The van der Waals surface area contributed by atoms with Gasteiger partial charge in [-0.2, -0.15) is 0 Å². The molecule has 1 N–H and O–H groups in total. The zero-order chi connectivity index (χ0) is 12.5. The van der Waals surface area contributed by atoms with Crippen LogP contribution in [0.3, 0.4) is 0 Å². The summed E-state index contributed by atoms with van der Waals surface area (Å²) in [4.78, 5) is 10.8. The number of rotatable bonds is 2. The monoisotopic (exact) mass is 242 g/mol. The van der Waals surface area contributed by atoms with Crippen molar-refractivity contribution in [1.82, 2.24) is 0 Å². The van der Waals surface area contributed by atoms with Gasteiger partial charge in [0.25, 0.3) is 0 Å². The minimum atomic E-state index is -0.0219. The fourth-order valence-electron chi connectivity index (χ4n) is 1.95. The maximum Gasteiger partial charge on any atom is 0.231 e. The third kappa shape index (κ3) is 1.59. The van der Waals surface area contributed by atoms with Gasteiger partial charge in [-0.3, -0.25) is 4.79 Å². The van der Waals surface area contributed by atoms with Gasteiger partial charge in [-0.15, -0.1) is 0 Å². The Balaban J connectivity index is 2.13. The molecule has 2 aromatic carbocycles. The van der Waals surface area contributed by atoms with E-state index >= 15 is 0 Å². The van der Waals surface area contributed by atoms with E-state index in [0.29, 0.717) is 23.3 Å². The first-order valence-electron chi connectivity index (χ1n) is 5.47. The maximum atomic E-state index is 10.8. The van der Waals surface area contributed by atoms with E-state index in [2.05, 4.69) is 0 Å². The van der Waals surface area contributed by atoms with E-state index in [1.54, 1.807) is 30.3 Å². The molecule has 0 radical (unpaired) electrons. The molecule has 0 aromatic heterocycles. The summed E-state index contributed by atoms with van der Waals surface area (Å²) in [5.41, 5.74) is 1.64. The Morgan fingerprint density at radius 1 is 1.11 bits per heavy atom. The predicted molar refractivity (Wildman–Crippen MR) is 65.1 cm³/mol. The Labute approximate surface area is 103 Å². The van der Waals surface area contributed by atoms with Crippen molar-refractivity contribution in [3.63, 3.8) is 0 Å². The molecule has 0 saturated heterocycles. The Kier molecular flexibility index (Phi) is 2.41. The Hall–Kier alpha value is -2.49. The molecule has 0 bridgehead atoms. The van der Waals surface area contributed by atoms with Crippen LogP contribution in [0.4, 0.5) is 0 Å². The Bertz CT molecular complexity index is 619. The van der Waals surface area contributed by atoms with Gasteiger partial charge in [0.2, 0.25) is 6.79 Å². The lowest BCUT2D eigenvalue weighted by molar-refractivity contribution is 0.112. The third-order valence-corrected chi connectivity index (χ3v) is 2.88. The van der Waals surface area contributed by atoms with E-state index in [0.717, 1.165) is 5.56 Å². The number of benzene rings is 2. The van der Waals surface area contributed by atoms with Crippen LogP contribution in [0.1, 0.15) is 10.4 Å². The molecule has 2 aromatic rings. The predicted octanol–water partition coefficient (Wildman–Crippen LogP) is 2.60. The maximum absolute atomic E-state index is 10.8. The van der Waals surface area contributed by atoms with Crippen molar-refractivity contribution in [1.29, 1.82) is 0 Å². The van der Waals surface area contributed by atoms with Crippen LogP contribution < -0.4 is 9.47 Å². The molecule has 0 unspecified atom stereocenters. The van der Waals surface area contributed by atoms with E-state index in [4.69, 9.17) is 9.47 Å². The van der Waals surface area contributed by atoms with E-state index < -0.39 is 0 Å². The number of para-hydroxylation sites is 1. The SMILES string of the molecule is O=Cc1cccc(-c2ccc3c(c2)OCO3)c1O. The molecule has 0 fully saturated rings. The number of carbonyl (C=O) groups is 1. The number of hydrogen-bond acceptors (Lipinski definition) is 4. The molecule has 1 heterocycles. The number of carbonyl (C=O) groups excluding carboxylic acids is 1. The van der Waals surface area contributed by atoms with Crippen LogP contribution in [-0.4, -0.2) is 18.2 Å². The van der Waals surface area contributed by atoms with Crippen molar-refractivity contribution in [3.8, 4) is 28.4 Å². The molecule has 0 amide bonds. The van der Waals surface area contributed by atoms with Crippen molar-refractivity contribution >= 4 is 6.29 Å². The number of phenols is 1. The average Bonchev–Trinajstić information content (AvgIpc) is 2.86. The number of hydrogen-bond donors (Lipinski definition) is 1. The number of fused-ring (bicyclic) bond motifs is 1. The van der Waals surface area contributed by atoms with Gasteiger partial charge in [0.1, 0.15) is 5.75 Å². The topological polar surface area (TPSA) is 55.8 Å². The van der Waals surface area contributed by atoms with Crippen molar-refractivity contribution in [3.05, 3.63) is 42.0 Å². The first-order valence-corrected chi connectivity index (χ1v) is 5.47. The van der Waals surface area contributed by atoms with E-state index in [-0.39, 0.29) is 18.1 Å². The highest BCUT2D eigenvalue weighted by atomic mass is 16.7. The molecule has 4 heteroatoms. The largest absolute Gasteiger partial charge is 0.507 e. The lowest BCUT2D eigenvalue weighted by atomic mass is 10.0. The molecular weight excluding hydrogens is 232 g/mol. The van der Waals surface area contributed by atoms with Gasteiger partial charge in [0, 0.05) is 5.56 Å². The first kappa shape index (κ1) is 10.7. The summed E-state index contributed by atoms with van der Waals surface area (Å²) >= 11 is 0. The summed E-state index contributed by atoms with van der Waals surface area (Å²) in [7, 11) is 0. The number of ether oxygens (including phenoxy) is 2. The third-order valence-electron chi connectivity index (χ3n) is 2.88. The fourth-order valence-corrected chi connectivity index (χ4v) is 1.95. The zero-order valence-corrected chi connectivity index (χ0v) is 9.42. The summed E-state index contributed by atoms with van der Waals surface area (Å²) in [6.45, 7) is 0.207. The van der Waals surface area contributed by atoms with Gasteiger partial charge in [0.05, 0.1) is 5.56 Å². The molecule has 90 valence electrons. The highest BCUT2D eigenvalue weighted by Crippen LogP contribution is 2.38. The van der Waals surface area contributed by atoms with E-state index in [9.17, 15) is 9.90 Å². The highest BCUT2D eigenvalue weighted by Gasteiger charge is 2.15. The summed E-state index contributed by atoms with van der Waals surface area (Å²) < 4.78 is 10.5. The molecule has 0 aliphatic carbocycles. The molecule has 0 atom stereocenters. The van der Waals surface area contributed by atoms with Gasteiger partial charge in [-0.05, 0) is 23.8 Å². The molecule has 1 aliphatic heterocycles. The summed E-state index contributed by atoms with van der Waals surface area (Å²) in [6, 6.07) is 10.4. The van der Waals surface area contributed by atoms with Gasteiger partial charge >= 0.3 is 0 Å². The minimum Gasteiger partial charge on any atom is -0.507 e. The van der Waals surface area contributed by atoms with Crippen molar-refractivity contribution < 1.29 is 19.4 Å². The summed E-state index contributed by atoms with van der Waals surface area (Å²) in [5.74, 6) is 1.31. The van der Waals surface area contributed by atoms with Gasteiger partial charge in [-0.25, -0.2) is 0 Å². The number of aromatic hydroxyl groups is 1. The summed E-state index contributed by atoms with van der Waals surface area (Å²) in [5, 5.41) is 9.99. The standard InChI is InChI=1S/C14H10O4/c15-7-10-2-1-3-11(14(10)16)9-4-5-12-13(6-9)18-8-17-12/h1-7,16H,8H2. The van der Waals surface area contributed by atoms with E-state index in [1.165, 1.54) is 0 Å². The van der Waals surface area contributed by atoms with Crippen LogP contribution >= 0.6 is 0 Å². The molecule has 4 nitrogen and oxygen atoms in total. The smallest absolute Gasteiger partial charge is 0.231 e. The normalized spacial score (nSPS) is 12.4. The average molecular weight is 242 g/mol. The van der Waals surface area contributed by atoms with Crippen LogP contribution in [0.5, 0.6) is 17.2 Å². The second kappa shape index (κ2) is 4.07. The summed E-state index contributed by atoms with van der Waals surface area (Å²) in [6.07, 6.45) is 0.631. The van der Waals surface area contributed by atoms with Gasteiger partial charge < -0.3 is 14.6 Å². The highest BCUT2D eigenvalue weighted by molar-refractivity contribution is 5.86. The Morgan fingerprint density at radius 3 is 2.78 bits per heavy atom. The molecule has 1 aliphatic rings. The minimum absolute atomic E-state index is 0.0219. The molecule has 3 rings (SSSR count). The lowest BCUT2D eigenvalue weighted by Gasteiger charge is -2.07. The lowest BCUT2D eigenvalue weighted by Crippen LogP contribution is -1.92. The van der Waals surface area contributed by atoms with Gasteiger partial charge in [0.15, 0.2) is 17.8 Å². The van der Waals surface area contributed by atoms with Crippen molar-refractivity contribution in [2.75, 3.05) is 6.79 Å². The number of aldehydes is 1. The number of phenolic OH excluding ortho intramolecular Hbond substituents is 1. The first-order chi connectivity index (χ1) is 8.79.